The van der Waals surface area contributed by atoms with E-state index in [1.807, 2.05) is 0 Å². The van der Waals surface area contributed by atoms with E-state index in [1.54, 1.807) is 0 Å². The number of carboxylic acid groups (broad SMARTS) is 1. The van der Waals surface area contributed by atoms with Gasteiger partial charge in [0.2, 0.25) is 5.91 Å². The van der Waals surface area contributed by atoms with Gasteiger partial charge in [0, 0.05) is 7.05 Å². The number of hydrogen-bond acceptors (Lipinski definition) is 4. The van der Waals surface area contributed by atoms with Crippen molar-refractivity contribution in [3.05, 3.63) is 0 Å². The van der Waals surface area contributed by atoms with Crippen molar-refractivity contribution in [1.82, 2.24) is 10.2 Å². The summed E-state index contributed by atoms with van der Waals surface area (Å²) in [4.78, 5) is 31.9. The van der Waals surface area contributed by atoms with Crippen molar-refractivity contribution in [2.24, 2.45) is 0 Å². The van der Waals surface area contributed by atoms with E-state index in [0.29, 0.717) is 0 Å². The minimum atomic E-state index is -1.11. The summed E-state index contributed by atoms with van der Waals surface area (Å²) in [5, 5.41) is 10.3. The minimum Gasteiger partial charge on any atom is -0.522 e. The first-order valence-corrected chi connectivity index (χ1v) is 3.71. The van der Waals surface area contributed by atoms with E-state index in [2.05, 4.69) is 10.1 Å². The molecule has 0 atom stereocenters. The maximum atomic E-state index is 11.0. The molecule has 0 aromatic heterocycles. The minimum absolute atomic E-state index is 0. The second kappa shape index (κ2) is 7.99. The molecule has 0 saturated heterocycles. The number of carbonyl (C=O) groups is 2. The molecule has 0 radical (unpaired) electrons. The SMILES string of the molecule is CN(COCC(=O)O)C(=O)CN[C-]=O.[Fm]. The molecule has 0 saturated carbocycles. The molecule has 0 spiro atoms. The molecular weight excluding hydrogens is 449 g/mol. The van der Waals surface area contributed by atoms with Crippen molar-refractivity contribution in [2.75, 3.05) is 26.9 Å². The number of carbonyl (C=O) groups excluding carboxylic acids is 2. The molecule has 15 heavy (non-hydrogen) atoms. The zero-order chi connectivity index (χ0) is 11.0. The van der Waals surface area contributed by atoms with Gasteiger partial charge >= 0.3 is 5.97 Å². The Bertz CT molecular complexity index is 223. The second-order valence-corrected chi connectivity index (χ2v) is 2.42. The molecule has 8 heteroatoms. The van der Waals surface area contributed by atoms with Crippen molar-refractivity contribution in [3.8, 4) is 0 Å². The van der Waals surface area contributed by atoms with E-state index in [4.69, 9.17) is 5.11 Å². The maximum Gasteiger partial charge on any atom is 0.329 e. The fourth-order valence-corrected chi connectivity index (χ4v) is 0.589. The quantitative estimate of drug-likeness (QED) is 0.265. The van der Waals surface area contributed by atoms with Gasteiger partial charge in [-0.3, -0.25) is 4.79 Å². The Morgan fingerprint density at radius 1 is 1.53 bits per heavy atom. The van der Waals surface area contributed by atoms with Crippen LogP contribution in [0.3, 0.4) is 0 Å². The first-order chi connectivity index (χ1) is 6.57. The number of nitrogens with zero attached hydrogens (tertiary/aromatic N) is 1. The predicted octanol–water partition coefficient (Wildman–Crippen LogP) is -1.84. The summed E-state index contributed by atoms with van der Waals surface area (Å²) in [5.41, 5.74) is 0. The largest absolute Gasteiger partial charge is 0.522 e. The van der Waals surface area contributed by atoms with Crippen LogP contribution in [0.25, 0.3) is 0 Å². The van der Waals surface area contributed by atoms with Crippen LogP contribution in [0.4, 0.5) is 0 Å². The summed E-state index contributed by atoms with van der Waals surface area (Å²) in [6.45, 7) is -0.785. The van der Waals surface area contributed by atoms with Crippen LogP contribution in [0.15, 0.2) is 0 Å². The van der Waals surface area contributed by atoms with Gasteiger partial charge in [-0.1, -0.05) is 0 Å². The maximum absolute atomic E-state index is 11.0. The van der Waals surface area contributed by atoms with Crippen molar-refractivity contribution in [3.63, 3.8) is 0 Å². The first kappa shape index (κ1) is 14.9. The molecule has 7 nitrogen and oxygen atoms in total. The number of aliphatic carboxylic acids is 1. The molecule has 0 bridgehead atoms. The smallest absolute Gasteiger partial charge is 0.329 e. The third-order valence-electron chi connectivity index (χ3n) is 1.25. The van der Waals surface area contributed by atoms with Crippen molar-refractivity contribution in [2.45, 2.75) is 0 Å². The van der Waals surface area contributed by atoms with Crippen LogP contribution in [-0.2, 0) is 19.1 Å². The van der Waals surface area contributed by atoms with E-state index in [-0.39, 0.29) is 13.3 Å². The van der Waals surface area contributed by atoms with E-state index < -0.39 is 18.5 Å². The van der Waals surface area contributed by atoms with Gasteiger partial charge in [0.1, 0.15) is 13.3 Å². The van der Waals surface area contributed by atoms with E-state index in [1.165, 1.54) is 13.5 Å². The number of ether oxygens (including phenoxy) is 1. The zero-order valence-corrected chi connectivity index (χ0v) is 10.3. The molecule has 92 valence electrons. The summed E-state index contributed by atoms with van der Waals surface area (Å²) in [5.74, 6) is -1.50. The van der Waals surface area contributed by atoms with E-state index in [0.717, 1.165) is 4.90 Å². The summed E-state index contributed by atoms with van der Waals surface area (Å²) in [6, 6.07) is 0. The molecule has 0 unspecified atom stereocenters. The van der Waals surface area contributed by atoms with Crippen LogP contribution in [0.2, 0.25) is 0 Å². The number of hydrogen-bond donors (Lipinski definition) is 2. The number of rotatable bonds is 7. The fourth-order valence-electron chi connectivity index (χ4n) is 0.589. The van der Waals surface area contributed by atoms with Gasteiger partial charge in [-0.15, -0.1) is 0 Å². The van der Waals surface area contributed by atoms with Gasteiger partial charge in [-0.25, -0.2) is 4.79 Å². The van der Waals surface area contributed by atoms with Crippen molar-refractivity contribution < 1.29 is 24.2 Å². The standard InChI is InChI=1S/C7H11N2O5.Fm/c1-9(5-14-3-7(12)13)6(11)2-8-4-10;/h2-3,5H2,1H3,(H,8,10)(H,12,13);/q-1;. The third kappa shape index (κ3) is 7.72. The van der Waals surface area contributed by atoms with Gasteiger partial charge in [-0.2, -0.15) is 6.41 Å². The Hall–Kier alpha value is -2.63. The normalized spacial score (nSPS) is 8.60. The molecule has 0 fully saturated rings. The third-order valence-corrected chi connectivity index (χ3v) is 1.25. The predicted molar refractivity (Wildman–Crippen MR) is 44.9 cm³/mol. The molecule has 0 aliphatic rings. The molecule has 0 heterocycles. The van der Waals surface area contributed by atoms with Gasteiger partial charge in [0.25, 0.3) is 0 Å². The van der Waals surface area contributed by atoms with E-state index in [9.17, 15) is 14.4 Å². The topological polar surface area (TPSA) is 95.9 Å². The molecule has 0 aliphatic carbocycles. The molecule has 0 aromatic carbocycles. The molecule has 2 N–H and O–H groups in total. The Morgan fingerprint density at radius 3 is 2.60 bits per heavy atom. The Kier molecular flexibility index (Phi) is 7.92. The summed E-state index contributed by atoms with van der Waals surface area (Å²) in [6.07, 6.45) is 1.35. The Balaban J connectivity index is 0. The van der Waals surface area contributed by atoms with Crippen LogP contribution >= 0.6 is 0 Å². The second-order valence-electron chi connectivity index (χ2n) is 2.42. The van der Waals surface area contributed by atoms with Crippen molar-refractivity contribution in [1.29, 1.82) is 0 Å². The van der Waals surface area contributed by atoms with Gasteiger partial charge in [0.15, 0.2) is 0 Å². The van der Waals surface area contributed by atoms with Gasteiger partial charge in [-0.05, 0) is 0 Å². The Labute approximate surface area is 80.6 Å². The Morgan fingerprint density at radius 2 is 2.13 bits per heavy atom. The van der Waals surface area contributed by atoms with Gasteiger partial charge < -0.3 is 24.9 Å². The van der Waals surface area contributed by atoms with Crippen LogP contribution in [0, 0.1) is 0 Å². The van der Waals surface area contributed by atoms with Crippen molar-refractivity contribution >= 4 is 18.3 Å². The fraction of sp³-hybridized carbons (Fsp3) is 0.571. The summed E-state index contributed by atoms with van der Waals surface area (Å²) in [7, 11) is 1.43. The zero-order valence-electron chi connectivity index (χ0n) is 7.94. The average molecular weight is 460 g/mol. The molecule has 0 aliphatic heterocycles. The average Bonchev–Trinajstić information content (AvgIpc) is 2.13. The van der Waals surface area contributed by atoms with Crippen LogP contribution in [0.1, 0.15) is 0 Å². The molecule has 0 rings (SSSR count). The summed E-state index contributed by atoms with van der Waals surface area (Å²) >= 11 is 0. The summed E-state index contributed by atoms with van der Waals surface area (Å²) < 4.78 is 4.64. The molecule has 0 aromatic rings. The monoisotopic (exact) mass is 460 g/mol. The first-order valence-electron chi connectivity index (χ1n) is 3.71. The van der Waals surface area contributed by atoms with Crippen LogP contribution < -0.4 is 5.32 Å². The van der Waals surface area contributed by atoms with Gasteiger partial charge in [0.05, 0.1) is 6.54 Å². The molecule has 2 amide bonds. The van der Waals surface area contributed by atoms with Crippen LogP contribution in [-0.4, -0.2) is 55.2 Å². The number of carboxylic acids is 1. The van der Waals surface area contributed by atoms with E-state index >= 15 is 0 Å². The number of likely N-dealkylation sites (N-methyl/N-ethyl adjacent to an activating group) is 1. The number of amides is 2. The van der Waals surface area contributed by atoms with Crippen LogP contribution in [0.5, 0.6) is 0 Å². The number of nitrogens with one attached hydrogen (secondary N) is 1. The molecular formula is C7H11FmN2O5-.